The van der Waals surface area contributed by atoms with Crippen LogP contribution in [0.3, 0.4) is 0 Å². The number of aromatic nitrogens is 2. The molecule has 0 unspecified atom stereocenters. The molecule has 96 valence electrons. The molecule has 17 heavy (non-hydrogen) atoms. The smallest absolute Gasteiger partial charge is 0.133 e. The molecular formula is C12H23N5. The highest BCUT2D eigenvalue weighted by atomic mass is 15.2. The molecule has 2 N–H and O–H groups in total. The summed E-state index contributed by atoms with van der Waals surface area (Å²) in [4.78, 5) is 10.6. The van der Waals surface area contributed by atoms with Crippen LogP contribution in [0.2, 0.25) is 0 Å². The maximum Gasteiger partial charge on any atom is 0.133 e. The lowest BCUT2D eigenvalue weighted by Crippen LogP contribution is -2.27. The molecule has 0 bridgehead atoms. The van der Waals surface area contributed by atoms with E-state index in [2.05, 4.69) is 32.4 Å². The normalized spacial score (nSPS) is 10.3. The molecule has 1 aromatic rings. The molecule has 0 aromatic carbocycles. The van der Waals surface area contributed by atoms with E-state index in [9.17, 15) is 0 Å². The minimum absolute atomic E-state index is 0.903. The minimum atomic E-state index is 0.903. The van der Waals surface area contributed by atoms with E-state index < -0.39 is 0 Å². The van der Waals surface area contributed by atoms with Gasteiger partial charge in [-0.25, -0.2) is 9.97 Å². The first-order valence-electron chi connectivity index (χ1n) is 6.19. The van der Waals surface area contributed by atoms with E-state index in [4.69, 9.17) is 0 Å². The van der Waals surface area contributed by atoms with Gasteiger partial charge >= 0.3 is 0 Å². The Kier molecular flexibility index (Phi) is 6.32. The Morgan fingerprint density at radius 3 is 2.82 bits per heavy atom. The van der Waals surface area contributed by atoms with Crippen LogP contribution in [0.25, 0.3) is 0 Å². The van der Waals surface area contributed by atoms with Crippen molar-refractivity contribution in [3.05, 3.63) is 12.4 Å². The van der Waals surface area contributed by atoms with Gasteiger partial charge in [0.25, 0.3) is 0 Å². The third-order valence-electron chi connectivity index (χ3n) is 2.58. The molecular weight excluding hydrogens is 214 g/mol. The van der Waals surface area contributed by atoms with Gasteiger partial charge in [-0.05, 0) is 13.5 Å². The van der Waals surface area contributed by atoms with Crippen molar-refractivity contribution in [3.63, 3.8) is 0 Å². The van der Waals surface area contributed by atoms with E-state index in [0.29, 0.717) is 0 Å². The van der Waals surface area contributed by atoms with Gasteiger partial charge < -0.3 is 15.5 Å². The van der Waals surface area contributed by atoms with Gasteiger partial charge in [0, 0.05) is 32.7 Å². The van der Waals surface area contributed by atoms with Crippen LogP contribution in [-0.2, 0) is 0 Å². The van der Waals surface area contributed by atoms with Crippen molar-refractivity contribution in [2.75, 3.05) is 43.9 Å². The van der Waals surface area contributed by atoms with Crippen molar-refractivity contribution >= 4 is 11.6 Å². The van der Waals surface area contributed by atoms with E-state index in [-0.39, 0.29) is 0 Å². The van der Waals surface area contributed by atoms with Gasteiger partial charge in [-0.1, -0.05) is 13.3 Å². The number of unbranched alkanes of at least 4 members (excludes halogenated alkanes) is 1. The van der Waals surface area contributed by atoms with E-state index in [1.807, 2.05) is 20.2 Å². The summed E-state index contributed by atoms with van der Waals surface area (Å²) in [5.74, 6) is 1.86. The van der Waals surface area contributed by atoms with Crippen LogP contribution in [0.1, 0.15) is 19.8 Å². The number of anilines is 2. The highest BCUT2D eigenvalue weighted by molar-refractivity contribution is 5.47. The number of nitrogens with zero attached hydrogens (tertiary/aromatic N) is 3. The molecule has 0 atom stereocenters. The Morgan fingerprint density at radius 1 is 1.29 bits per heavy atom. The van der Waals surface area contributed by atoms with Crippen LogP contribution in [-0.4, -0.2) is 43.7 Å². The van der Waals surface area contributed by atoms with Crippen LogP contribution >= 0.6 is 0 Å². The second-order valence-electron chi connectivity index (χ2n) is 4.07. The number of likely N-dealkylation sites (N-methyl/N-ethyl adjacent to an activating group) is 2. The molecule has 1 heterocycles. The minimum Gasteiger partial charge on any atom is -0.370 e. The zero-order valence-electron chi connectivity index (χ0n) is 11.0. The molecule has 0 aliphatic heterocycles. The average molecular weight is 237 g/mol. The van der Waals surface area contributed by atoms with Crippen molar-refractivity contribution in [1.82, 2.24) is 15.3 Å². The molecule has 0 saturated carbocycles. The number of hydrogen-bond acceptors (Lipinski definition) is 5. The van der Waals surface area contributed by atoms with E-state index in [1.165, 1.54) is 6.42 Å². The zero-order chi connectivity index (χ0) is 12.5. The summed E-state index contributed by atoms with van der Waals surface area (Å²) < 4.78 is 0. The van der Waals surface area contributed by atoms with E-state index in [1.54, 1.807) is 6.33 Å². The third-order valence-corrected chi connectivity index (χ3v) is 2.58. The van der Waals surface area contributed by atoms with E-state index >= 15 is 0 Å². The van der Waals surface area contributed by atoms with Gasteiger partial charge in [0.1, 0.15) is 18.0 Å². The molecule has 0 aliphatic rings. The SMILES string of the molecule is CCCCNc1cc(N(C)CCNC)ncn1. The largest absolute Gasteiger partial charge is 0.370 e. The van der Waals surface area contributed by atoms with Crippen LogP contribution in [0.5, 0.6) is 0 Å². The Morgan fingerprint density at radius 2 is 2.12 bits per heavy atom. The Hall–Kier alpha value is -1.36. The summed E-state index contributed by atoms with van der Waals surface area (Å²) in [5, 5.41) is 6.43. The van der Waals surface area contributed by atoms with Gasteiger partial charge in [0.2, 0.25) is 0 Å². The fourth-order valence-corrected chi connectivity index (χ4v) is 1.44. The lowest BCUT2D eigenvalue weighted by Gasteiger charge is -2.18. The average Bonchev–Trinajstić information content (AvgIpc) is 2.36. The first kappa shape index (κ1) is 13.7. The highest BCUT2D eigenvalue weighted by Crippen LogP contribution is 2.12. The molecule has 0 amide bonds. The lowest BCUT2D eigenvalue weighted by molar-refractivity contribution is 0.760. The Bertz CT molecular complexity index is 316. The van der Waals surface area contributed by atoms with Gasteiger partial charge in [0.15, 0.2) is 0 Å². The molecule has 0 radical (unpaired) electrons. The molecule has 1 aromatic heterocycles. The van der Waals surface area contributed by atoms with Gasteiger partial charge in [-0.15, -0.1) is 0 Å². The predicted molar refractivity (Wildman–Crippen MR) is 72.6 cm³/mol. The van der Waals surface area contributed by atoms with Crippen LogP contribution in [0, 0.1) is 0 Å². The fourth-order valence-electron chi connectivity index (χ4n) is 1.44. The van der Waals surface area contributed by atoms with Gasteiger partial charge in [-0.3, -0.25) is 0 Å². The number of nitrogens with one attached hydrogen (secondary N) is 2. The maximum atomic E-state index is 4.27. The summed E-state index contributed by atoms with van der Waals surface area (Å²) in [7, 11) is 3.99. The van der Waals surface area contributed by atoms with Crippen molar-refractivity contribution in [2.45, 2.75) is 19.8 Å². The summed E-state index contributed by atoms with van der Waals surface area (Å²) in [6.07, 6.45) is 3.96. The number of rotatable bonds is 8. The highest BCUT2D eigenvalue weighted by Gasteiger charge is 2.03. The Balaban J connectivity index is 2.52. The topological polar surface area (TPSA) is 53.1 Å². The molecule has 0 aliphatic carbocycles. The maximum absolute atomic E-state index is 4.27. The van der Waals surface area contributed by atoms with Crippen molar-refractivity contribution < 1.29 is 0 Å². The fraction of sp³-hybridized carbons (Fsp3) is 0.667. The quantitative estimate of drug-likeness (QED) is 0.668. The van der Waals surface area contributed by atoms with Gasteiger partial charge in [-0.2, -0.15) is 0 Å². The summed E-state index contributed by atoms with van der Waals surface area (Å²) in [6, 6.07) is 1.99. The first-order chi connectivity index (χ1) is 8.27. The lowest BCUT2D eigenvalue weighted by atomic mass is 10.3. The summed E-state index contributed by atoms with van der Waals surface area (Å²) >= 11 is 0. The third kappa shape index (κ3) is 4.99. The summed E-state index contributed by atoms with van der Waals surface area (Å²) in [5.41, 5.74) is 0. The van der Waals surface area contributed by atoms with Crippen LogP contribution in [0.4, 0.5) is 11.6 Å². The van der Waals surface area contributed by atoms with Gasteiger partial charge in [0.05, 0.1) is 0 Å². The van der Waals surface area contributed by atoms with Crippen LogP contribution < -0.4 is 15.5 Å². The monoisotopic (exact) mass is 237 g/mol. The second kappa shape index (κ2) is 7.84. The van der Waals surface area contributed by atoms with Crippen molar-refractivity contribution in [2.24, 2.45) is 0 Å². The molecule has 5 nitrogen and oxygen atoms in total. The molecule has 0 saturated heterocycles. The molecule has 0 fully saturated rings. The molecule has 1 rings (SSSR count). The summed E-state index contributed by atoms with van der Waals surface area (Å²) in [6.45, 7) is 5.02. The standard InChI is InChI=1S/C12H23N5/c1-4-5-6-14-11-9-12(16-10-15-11)17(3)8-7-13-2/h9-10,13H,4-8H2,1-3H3,(H,14,15,16). The molecule has 0 spiro atoms. The predicted octanol–water partition coefficient (Wildman–Crippen LogP) is 1.34. The molecule has 5 heteroatoms. The van der Waals surface area contributed by atoms with Crippen molar-refractivity contribution in [3.8, 4) is 0 Å². The van der Waals surface area contributed by atoms with E-state index in [0.717, 1.165) is 37.7 Å². The number of hydrogen-bond donors (Lipinski definition) is 2. The second-order valence-corrected chi connectivity index (χ2v) is 4.07. The van der Waals surface area contributed by atoms with Crippen molar-refractivity contribution in [1.29, 1.82) is 0 Å². The Labute approximate surface area is 104 Å². The first-order valence-corrected chi connectivity index (χ1v) is 6.19. The van der Waals surface area contributed by atoms with Crippen LogP contribution in [0.15, 0.2) is 12.4 Å². The zero-order valence-corrected chi connectivity index (χ0v) is 11.0.